The van der Waals surface area contributed by atoms with Gasteiger partial charge in [0.1, 0.15) is 0 Å². The Labute approximate surface area is 161 Å². The summed E-state index contributed by atoms with van der Waals surface area (Å²) in [4.78, 5) is 41.9. The average Bonchev–Trinajstić information content (AvgIpc) is 2.67. The van der Waals surface area contributed by atoms with E-state index in [1.807, 2.05) is 18.2 Å². The Bertz CT molecular complexity index is 887. The van der Waals surface area contributed by atoms with Crippen molar-refractivity contribution in [3.05, 3.63) is 58.9 Å². The molecule has 27 heavy (non-hydrogen) atoms. The van der Waals surface area contributed by atoms with Gasteiger partial charge in [0.15, 0.2) is 0 Å². The zero-order valence-electron chi connectivity index (χ0n) is 14.5. The number of likely N-dealkylation sites (tertiary alicyclic amines) is 1. The summed E-state index contributed by atoms with van der Waals surface area (Å²) in [6, 6.07) is 8.49. The molecule has 7 nitrogen and oxygen atoms in total. The lowest BCUT2D eigenvalue weighted by molar-refractivity contribution is -0.145. The topological polar surface area (TPSA) is 105 Å². The van der Waals surface area contributed by atoms with Crippen LogP contribution < -0.4 is 11.1 Å². The van der Waals surface area contributed by atoms with Gasteiger partial charge in [0.05, 0.1) is 23.5 Å². The minimum Gasteiger partial charge on any atom is -0.366 e. The number of carbonyl (C=O) groups excluding carboxylic acids is 3. The van der Waals surface area contributed by atoms with Gasteiger partial charge in [-0.05, 0) is 43.0 Å². The first-order valence-corrected chi connectivity index (χ1v) is 8.96. The number of pyridine rings is 1. The number of aromatic nitrogens is 1. The van der Waals surface area contributed by atoms with Crippen LogP contribution in [0.25, 0.3) is 0 Å². The molecule has 1 aromatic carbocycles. The molecular formula is C19H19ClN4O3. The van der Waals surface area contributed by atoms with Crippen molar-refractivity contribution in [1.82, 2.24) is 9.88 Å². The maximum Gasteiger partial charge on any atom is 0.313 e. The molecule has 0 aliphatic carbocycles. The highest BCUT2D eigenvalue weighted by molar-refractivity contribution is 6.39. The molecule has 3 N–H and O–H groups in total. The molecule has 1 aliphatic rings. The predicted octanol–water partition coefficient (Wildman–Crippen LogP) is 2.53. The van der Waals surface area contributed by atoms with E-state index in [9.17, 15) is 14.4 Å². The van der Waals surface area contributed by atoms with E-state index >= 15 is 0 Å². The van der Waals surface area contributed by atoms with Crippen LogP contribution in [-0.4, -0.2) is 34.2 Å². The Morgan fingerprint density at radius 2 is 2.00 bits per heavy atom. The Balaban J connectivity index is 1.77. The highest BCUT2D eigenvalue weighted by atomic mass is 35.5. The zero-order chi connectivity index (χ0) is 19.4. The first-order chi connectivity index (χ1) is 13.0. The SMILES string of the molecule is NC(=O)c1cncc(NC(=O)C(=O)N2CCCC[C@H]2c2cccc(Cl)c2)c1. The van der Waals surface area contributed by atoms with Crippen LogP contribution >= 0.6 is 11.6 Å². The van der Waals surface area contributed by atoms with Gasteiger partial charge in [-0.25, -0.2) is 0 Å². The van der Waals surface area contributed by atoms with E-state index in [1.165, 1.54) is 18.5 Å². The second-order valence-corrected chi connectivity index (χ2v) is 6.78. The van der Waals surface area contributed by atoms with Crippen molar-refractivity contribution in [3.8, 4) is 0 Å². The number of hydrogen-bond acceptors (Lipinski definition) is 4. The minimum absolute atomic E-state index is 0.148. The van der Waals surface area contributed by atoms with Crippen LogP contribution in [0, 0.1) is 0 Å². The van der Waals surface area contributed by atoms with Crippen molar-refractivity contribution in [3.63, 3.8) is 0 Å². The molecule has 1 fully saturated rings. The molecule has 2 heterocycles. The van der Waals surface area contributed by atoms with Crippen LogP contribution in [0.2, 0.25) is 5.02 Å². The number of carbonyl (C=O) groups is 3. The summed E-state index contributed by atoms with van der Waals surface area (Å²) >= 11 is 6.07. The molecule has 2 aromatic rings. The Kier molecular flexibility index (Phi) is 5.71. The maximum absolute atomic E-state index is 12.8. The third-order valence-electron chi connectivity index (χ3n) is 4.47. The van der Waals surface area contributed by atoms with Gasteiger partial charge in [0, 0.05) is 17.8 Å². The molecule has 1 saturated heterocycles. The molecule has 0 radical (unpaired) electrons. The number of nitrogens with zero attached hydrogens (tertiary/aromatic N) is 2. The minimum atomic E-state index is -0.785. The first-order valence-electron chi connectivity index (χ1n) is 8.58. The number of primary amides is 1. The summed E-state index contributed by atoms with van der Waals surface area (Å²) in [6.07, 6.45) is 5.20. The van der Waals surface area contributed by atoms with Gasteiger partial charge in [-0.1, -0.05) is 23.7 Å². The maximum atomic E-state index is 12.8. The lowest BCUT2D eigenvalue weighted by Crippen LogP contribution is -2.44. The summed E-state index contributed by atoms with van der Waals surface area (Å²) in [5.74, 6) is -2.08. The van der Waals surface area contributed by atoms with Crippen LogP contribution in [0.1, 0.15) is 41.2 Å². The van der Waals surface area contributed by atoms with Gasteiger partial charge in [0.25, 0.3) is 0 Å². The molecule has 0 bridgehead atoms. The fourth-order valence-electron chi connectivity index (χ4n) is 3.19. The van der Waals surface area contributed by atoms with E-state index in [1.54, 1.807) is 11.0 Å². The molecular weight excluding hydrogens is 368 g/mol. The molecule has 1 aliphatic heterocycles. The molecule has 3 amide bonds. The number of nitrogens with two attached hydrogens (primary N) is 1. The van der Waals surface area contributed by atoms with Crippen molar-refractivity contribution in [2.75, 3.05) is 11.9 Å². The molecule has 0 unspecified atom stereocenters. The molecule has 3 rings (SSSR count). The van der Waals surface area contributed by atoms with Crippen LogP contribution in [-0.2, 0) is 9.59 Å². The summed E-state index contributed by atoms with van der Waals surface area (Å²) in [5.41, 5.74) is 6.50. The second-order valence-electron chi connectivity index (χ2n) is 6.35. The van der Waals surface area contributed by atoms with Crippen molar-refractivity contribution < 1.29 is 14.4 Å². The predicted molar refractivity (Wildman–Crippen MR) is 101 cm³/mol. The Morgan fingerprint density at radius 1 is 1.19 bits per heavy atom. The first kappa shape index (κ1) is 18.8. The van der Waals surface area contributed by atoms with Crippen molar-refractivity contribution in [2.24, 2.45) is 5.73 Å². The van der Waals surface area contributed by atoms with Gasteiger partial charge in [-0.2, -0.15) is 0 Å². The average molecular weight is 387 g/mol. The smallest absolute Gasteiger partial charge is 0.313 e. The quantitative estimate of drug-likeness (QED) is 0.790. The number of amides is 3. The lowest BCUT2D eigenvalue weighted by Gasteiger charge is -2.35. The molecule has 8 heteroatoms. The van der Waals surface area contributed by atoms with Crippen molar-refractivity contribution in [1.29, 1.82) is 0 Å². The largest absolute Gasteiger partial charge is 0.366 e. The van der Waals surface area contributed by atoms with Crippen molar-refractivity contribution >= 4 is 35.0 Å². The van der Waals surface area contributed by atoms with E-state index in [0.29, 0.717) is 11.6 Å². The second kappa shape index (κ2) is 8.18. The molecule has 0 saturated carbocycles. The van der Waals surface area contributed by atoms with Gasteiger partial charge in [0.2, 0.25) is 5.91 Å². The van der Waals surface area contributed by atoms with Crippen LogP contribution in [0.5, 0.6) is 0 Å². The molecule has 1 aromatic heterocycles. The van der Waals surface area contributed by atoms with E-state index < -0.39 is 17.7 Å². The van der Waals surface area contributed by atoms with Gasteiger partial charge >= 0.3 is 11.8 Å². The van der Waals surface area contributed by atoms with E-state index in [-0.39, 0.29) is 17.3 Å². The Hall–Kier alpha value is -2.93. The summed E-state index contributed by atoms with van der Waals surface area (Å²) in [6.45, 7) is 0.489. The number of benzene rings is 1. The number of piperidine rings is 1. The monoisotopic (exact) mass is 386 g/mol. The fourth-order valence-corrected chi connectivity index (χ4v) is 3.39. The van der Waals surface area contributed by atoms with E-state index in [2.05, 4.69) is 10.3 Å². The third-order valence-corrected chi connectivity index (χ3v) is 4.71. The number of rotatable bonds is 3. The van der Waals surface area contributed by atoms with Crippen LogP contribution in [0.15, 0.2) is 42.7 Å². The van der Waals surface area contributed by atoms with Gasteiger partial charge in [-0.15, -0.1) is 0 Å². The Morgan fingerprint density at radius 3 is 2.74 bits per heavy atom. The highest BCUT2D eigenvalue weighted by Gasteiger charge is 2.32. The molecule has 0 spiro atoms. The fraction of sp³-hybridized carbons (Fsp3) is 0.263. The zero-order valence-corrected chi connectivity index (χ0v) is 15.3. The number of halogens is 1. The van der Waals surface area contributed by atoms with E-state index in [0.717, 1.165) is 24.8 Å². The highest BCUT2D eigenvalue weighted by Crippen LogP contribution is 2.32. The summed E-state index contributed by atoms with van der Waals surface area (Å²) < 4.78 is 0. The molecule has 1 atom stereocenters. The summed E-state index contributed by atoms with van der Waals surface area (Å²) in [5, 5.41) is 3.08. The number of hydrogen-bond donors (Lipinski definition) is 2. The normalized spacial score (nSPS) is 16.6. The summed E-state index contributed by atoms with van der Waals surface area (Å²) in [7, 11) is 0. The van der Waals surface area contributed by atoms with Gasteiger partial charge < -0.3 is 16.0 Å². The standard InChI is InChI=1S/C19H19ClN4O3/c20-14-5-3-4-12(8-14)16-6-1-2-7-24(16)19(27)18(26)23-15-9-13(17(21)25)10-22-11-15/h3-5,8-11,16H,1-2,6-7H2,(H2,21,25)(H,23,26)/t16-/m0/s1. The third kappa shape index (κ3) is 4.43. The number of nitrogens with one attached hydrogen (secondary N) is 1. The number of anilines is 1. The van der Waals surface area contributed by atoms with E-state index in [4.69, 9.17) is 17.3 Å². The lowest BCUT2D eigenvalue weighted by atomic mass is 9.95. The van der Waals surface area contributed by atoms with Gasteiger partial charge in [-0.3, -0.25) is 19.4 Å². The molecule has 140 valence electrons. The van der Waals surface area contributed by atoms with Crippen molar-refractivity contribution in [2.45, 2.75) is 25.3 Å². The van der Waals surface area contributed by atoms with Crippen LogP contribution in [0.3, 0.4) is 0 Å². The van der Waals surface area contributed by atoms with Crippen LogP contribution in [0.4, 0.5) is 5.69 Å².